The number of rotatable bonds is 5. The van der Waals surface area contributed by atoms with Gasteiger partial charge in [0.15, 0.2) is 0 Å². The number of nitrogens with one attached hydrogen (secondary N) is 1. The van der Waals surface area contributed by atoms with E-state index < -0.39 is 17.9 Å². The lowest BCUT2D eigenvalue weighted by Crippen LogP contribution is -2.51. The monoisotopic (exact) mass is 359 g/mol. The lowest BCUT2D eigenvalue weighted by atomic mass is 10.2. The highest BCUT2D eigenvalue weighted by Gasteiger charge is 2.65. The van der Waals surface area contributed by atoms with Crippen LogP contribution in [0.25, 0.3) is 0 Å². The van der Waals surface area contributed by atoms with Crippen LogP contribution in [0.1, 0.15) is 0 Å². The van der Waals surface area contributed by atoms with Crippen molar-refractivity contribution in [3.63, 3.8) is 0 Å². The summed E-state index contributed by atoms with van der Waals surface area (Å²) >= 11 is 0. The van der Waals surface area contributed by atoms with Crippen LogP contribution in [-0.4, -0.2) is 17.9 Å². The minimum Gasteiger partial charge on any atom is -0.321 e. The predicted molar refractivity (Wildman–Crippen MR) is 77.8 cm³/mol. The molecule has 0 saturated carbocycles. The zero-order chi connectivity index (χ0) is 18.5. The van der Waals surface area contributed by atoms with E-state index in [1.807, 2.05) is 0 Å². The molecule has 0 spiro atoms. The van der Waals surface area contributed by atoms with Crippen LogP contribution in [0.3, 0.4) is 0 Å². The second kappa shape index (κ2) is 7.34. The summed E-state index contributed by atoms with van der Waals surface area (Å²) in [5.74, 6) is -7.44. The molecule has 10 heteroatoms. The Labute approximate surface area is 138 Å². The molecule has 1 N–H and O–H groups in total. The molecule has 0 radical (unpaired) electrons. The second-order valence-corrected chi connectivity index (χ2v) is 4.71. The van der Waals surface area contributed by atoms with Crippen LogP contribution >= 0.6 is 0 Å². The molecule has 0 aliphatic rings. The summed E-state index contributed by atoms with van der Waals surface area (Å²) in [5.41, 5.74) is 0.685. The number of carbonyl (C=O) groups excluding carboxylic acids is 1. The molecule has 0 heterocycles. The molecule has 132 valence electrons. The number of anilines is 1. The van der Waals surface area contributed by atoms with Gasteiger partial charge in [-0.2, -0.15) is 27.8 Å². The number of nitrogens with zero attached hydrogens (tertiary/aromatic N) is 2. The van der Waals surface area contributed by atoms with Gasteiger partial charge in [-0.15, -0.1) is 4.94 Å². The van der Waals surface area contributed by atoms with Crippen LogP contribution in [0.2, 0.25) is 0 Å². The first kappa shape index (κ1) is 18.5. The van der Waals surface area contributed by atoms with E-state index >= 15 is 0 Å². The molecule has 0 bridgehead atoms. The first-order valence-corrected chi connectivity index (χ1v) is 6.70. The Bertz CT molecular complexity index is 750. The van der Waals surface area contributed by atoms with Crippen LogP contribution in [0.4, 0.5) is 39.1 Å². The number of azo groups is 1. The number of alkyl halides is 4. The average molecular weight is 359 g/mol. The molecule has 2 aromatic rings. The fourth-order valence-corrected chi connectivity index (χ4v) is 1.64. The van der Waals surface area contributed by atoms with Gasteiger partial charge in [0, 0.05) is 5.69 Å². The van der Waals surface area contributed by atoms with E-state index in [4.69, 9.17) is 0 Å². The van der Waals surface area contributed by atoms with E-state index in [9.17, 15) is 26.9 Å². The van der Waals surface area contributed by atoms with E-state index in [-0.39, 0.29) is 5.69 Å². The molecule has 5 nitrogen and oxygen atoms in total. The lowest BCUT2D eigenvalue weighted by molar-refractivity contribution is -0.379. The summed E-state index contributed by atoms with van der Waals surface area (Å²) in [6.45, 7) is 0. The Hall–Kier alpha value is -2.88. The minimum absolute atomic E-state index is 0.216. The highest BCUT2D eigenvalue weighted by molar-refractivity contribution is 5.96. The first-order chi connectivity index (χ1) is 11.8. The fourth-order valence-electron chi connectivity index (χ4n) is 1.64. The van der Waals surface area contributed by atoms with E-state index in [1.165, 1.54) is 12.1 Å². The predicted octanol–water partition coefficient (Wildman–Crippen LogP) is 5.17. The van der Waals surface area contributed by atoms with Gasteiger partial charge in [0.05, 0.1) is 11.4 Å². The molecule has 0 aromatic heterocycles. The number of hydrogen-bond donors (Lipinski definition) is 1. The fraction of sp³-hybridized carbons (Fsp3) is 0.133. The number of benzene rings is 2. The molecular formula is C15H10F5N3O2. The van der Waals surface area contributed by atoms with E-state index in [1.54, 1.807) is 35.6 Å². The molecule has 0 saturated heterocycles. The van der Waals surface area contributed by atoms with E-state index in [0.29, 0.717) is 11.4 Å². The third-order valence-corrected chi connectivity index (χ3v) is 2.93. The molecule has 1 amide bonds. The SMILES string of the molecule is O=C(Nc1ccc(N=Nc2ccccc2)cc1)C(F)(OF)C(F)(F)F. The Morgan fingerprint density at radius 1 is 0.880 bits per heavy atom. The molecular weight excluding hydrogens is 349 g/mol. The van der Waals surface area contributed by atoms with Gasteiger partial charge in [-0.05, 0) is 40.9 Å². The van der Waals surface area contributed by atoms with Gasteiger partial charge in [0.1, 0.15) is 0 Å². The zero-order valence-electron chi connectivity index (χ0n) is 12.3. The quantitative estimate of drug-likeness (QED) is 0.591. The number of amides is 1. The standard InChI is InChI=1S/C15H10F5N3O2/c16-14(25-20,15(17,18)19)13(24)21-10-6-8-12(9-7-10)23-22-11-4-2-1-3-5-11/h1-9H,(H,21,24). The maximum Gasteiger partial charge on any atom is 0.461 e. The van der Waals surface area contributed by atoms with Crippen molar-refractivity contribution in [2.45, 2.75) is 12.0 Å². The summed E-state index contributed by atoms with van der Waals surface area (Å²) in [7, 11) is 0. The third kappa shape index (κ3) is 4.35. The molecule has 2 rings (SSSR count). The number of halogens is 5. The van der Waals surface area contributed by atoms with E-state index in [0.717, 1.165) is 12.1 Å². The van der Waals surface area contributed by atoms with Crippen LogP contribution in [0.5, 0.6) is 0 Å². The van der Waals surface area contributed by atoms with Crippen molar-refractivity contribution in [3.05, 3.63) is 54.6 Å². The molecule has 0 fully saturated rings. The summed E-state index contributed by atoms with van der Waals surface area (Å²) in [5, 5.41) is 9.36. The molecule has 2 aromatic carbocycles. The van der Waals surface area contributed by atoms with E-state index in [2.05, 4.69) is 15.2 Å². The summed E-state index contributed by atoms with van der Waals surface area (Å²) in [6, 6.07) is 13.6. The Morgan fingerprint density at radius 3 is 1.88 bits per heavy atom. The largest absolute Gasteiger partial charge is 0.461 e. The molecule has 0 aliphatic carbocycles. The van der Waals surface area contributed by atoms with Crippen molar-refractivity contribution in [1.29, 1.82) is 0 Å². The Balaban J connectivity index is 2.08. The van der Waals surface area contributed by atoms with Gasteiger partial charge < -0.3 is 5.32 Å². The lowest BCUT2D eigenvalue weighted by Gasteiger charge is -2.21. The average Bonchev–Trinajstić information content (AvgIpc) is 2.60. The van der Waals surface area contributed by atoms with Crippen molar-refractivity contribution in [2.24, 2.45) is 10.2 Å². The molecule has 1 unspecified atom stereocenters. The Kier molecular flexibility index (Phi) is 5.42. The highest BCUT2D eigenvalue weighted by atomic mass is 19.4. The molecule has 1 atom stereocenters. The summed E-state index contributed by atoms with van der Waals surface area (Å²) in [4.78, 5) is 13.5. The smallest absolute Gasteiger partial charge is 0.321 e. The van der Waals surface area contributed by atoms with Crippen molar-refractivity contribution < 1.29 is 31.8 Å². The van der Waals surface area contributed by atoms with Gasteiger partial charge in [0.25, 0.3) is 0 Å². The maximum absolute atomic E-state index is 13.3. The van der Waals surface area contributed by atoms with Crippen molar-refractivity contribution in [1.82, 2.24) is 0 Å². The third-order valence-electron chi connectivity index (χ3n) is 2.93. The topological polar surface area (TPSA) is 63.0 Å². The van der Waals surface area contributed by atoms with Gasteiger partial charge in [-0.1, -0.05) is 18.2 Å². The van der Waals surface area contributed by atoms with Gasteiger partial charge in [-0.3, -0.25) is 4.79 Å². The Morgan fingerprint density at radius 2 is 1.40 bits per heavy atom. The van der Waals surface area contributed by atoms with Gasteiger partial charge >= 0.3 is 17.9 Å². The van der Waals surface area contributed by atoms with Crippen LogP contribution in [0, 0.1) is 0 Å². The number of carbonyl (C=O) groups is 1. The summed E-state index contributed by atoms with van der Waals surface area (Å²) < 4.78 is 62.3. The zero-order valence-corrected chi connectivity index (χ0v) is 12.3. The second-order valence-electron chi connectivity index (χ2n) is 4.71. The minimum atomic E-state index is -5.88. The molecule has 0 aliphatic heterocycles. The number of hydrogen-bond acceptors (Lipinski definition) is 4. The molecule has 25 heavy (non-hydrogen) atoms. The summed E-state index contributed by atoms with van der Waals surface area (Å²) in [6.07, 6.45) is -5.88. The highest BCUT2D eigenvalue weighted by Crippen LogP contribution is 2.36. The first-order valence-electron chi connectivity index (χ1n) is 6.70. The van der Waals surface area contributed by atoms with Crippen molar-refractivity contribution in [3.8, 4) is 0 Å². The van der Waals surface area contributed by atoms with Crippen molar-refractivity contribution >= 4 is 23.0 Å². The normalized spacial score (nSPS) is 14.3. The van der Waals surface area contributed by atoms with Gasteiger partial charge in [-0.25, -0.2) is 0 Å². The van der Waals surface area contributed by atoms with Crippen molar-refractivity contribution in [2.75, 3.05) is 5.32 Å². The van der Waals surface area contributed by atoms with Crippen LogP contribution < -0.4 is 5.32 Å². The van der Waals surface area contributed by atoms with Gasteiger partial charge in [0.2, 0.25) is 0 Å². The van der Waals surface area contributed by atoms with Crippen LogP contribution in [0.15, 0.2) is 64.8 Å². The van der Waals surface area contributed by atoms with Crippen LogP contribution in [-0.2, 0) is 9.74 Å². The maximum atomic E-state index is 13.3.